The lowest BCUT2D eigenvalue weighted by atomic mass is 10.1. The third-order valence-corrected chi connectivity index (χ3v) is 5.45. The van der Waals surface area contributed by atoms with Crippen LogP contribution in [0.5, 0.6) is 5.75 Å². The molecule has 1 aliphatic rings. The van der Waals surface area contributed by atoms with E-state index in [1.54, 1.807) is 6.92 Å². The fraction of sp³-hybridized carbons (Fsp3) is 0.417. The number of aryl methyl sites for hydroxylation is 2. The summed E-state index contributed by atoms with van der Waals surface area (Å²) in [6.07, 6.45) is -3.88. The fourth-order valence-electron chi connectivity index (χ4n) is 4.20. The van der Waals surface area contributed by atoms with Gasteiger partial charge in [0.15, 0.2) is 0 Å². The second-order valence-corrected chi connectivity index (χ2v) is 8.05. The van der Waals surface area contributed by atoms with E-state index in [-0.39, 0.29) is 18.5 Å². The monoisotopic (exact) mass is 445 g/mol. The molecule has 0 aliphatic carbocycles. The summed E-state index contributed by atoms with van der Waals surface area (Å²) in [6, 6.07) is 7.93. The van der Waals surface area contributed by atoms with Gasteiger partial charge in [-0.05, 0) is 52.0 Å². The van der Waals surface area contributed by atoms with Gasteiger partial charge in [0.05, 0.1) is 37.1 Å². The van der Waals surface area contributed by atoms with Gasteiger partial charge in [0.25, 0.3) is 0 Å². The quantitative estimate of drug-likeness (QED) is 0.524. The van der Waals surface area contributed by atoms with E-state index < -0.39 is 11.7 Å². The third kappa shape index (κ3) is 4.37. The van der Waals surface area contributed by atoms with E-state index in [4.69, 9.17) is 14.5 Å². The number of ether oxygens (including phenoxy) is 2. The number of fused-ring (bicyclic) bond motifs is 1. The van der Waals surface area contributed by atoms with Crippen LogP contribution < -0.4 is 4.74 Å². The minimum atomic E-state index is -4.49. The Morgan fingerprint density at radius 3 is 2.47 bits per heavy atom. The number of hydrogen-bond acceptors (Lipinski definition) is 4. The molecule has 8 heteroatoms. The highest BCUT2D eigenvalue weighted by atomic mass is 19.4. The highest BCUT2D eigenvalue weighted by Gasteiger charge is 2.35. The van der Waals surface area contributed by atoms with E-state index in [2.05, 4.69) is 9.55 Å². The molecule has 1 atom stereocenters. The lowest BCUT2D eigenvalue weighted by Gasteiger charge is -2.16. The van der Waals surface area contributed by atoms with Crippen molar-refractivity contribution in [1.29, 1.82) is 0 Å². The first-order valence-corrected chi connectivity index (χ1v) is 10.7. The van der Waals surface area contributed by atoms with Gasteiger partial charge < -0.3 is 14.0 Å². The van der Waals surface area contributed by atoms with Gasteiger partial charge >= 0.3 is 6.18 Å². The third-order valence-electron chi connectivity index (χ3n) is 5.45. The number of rotatable bonds is 4. The molecular weight excluding hydrogens is 419 g/mol. The molecule has 32 heavy (non-hydrogen) atoms. The van der Waals surface area contributed by atoms with E-state index in [1.807, 2.05) is 32.9 Å². The molecule has 0 fully saturated rings. The Labute approximate surface area is 185 Å². The first kappa shape index (κ1) is 22.3. The van der Waals surface area contributed by atoms with Crippen LogP contribution in [0.4, 0.5) is 13.2 Å². The van der Waals surface area contributed by atoms with Gasteiger partial charge in [-0.1, -0.05) is 6.07 Å². The van der Waals surface area contributed by atoms with Crippen molar-refractivity contribution in [1.82, 2.24) is 14.5 Å². The zero-order valence-corrected chi connectivity index (χ0v) is 18.6. The summed E-state index contributed by atoms with van der Waals surface area (Å²) in [5, 5.41) is 0. The fourth-order valence-corrected chi connectivity index (χ4v) is 4.20. The second kappa shape index (κ2) is 8.58. The van der Waals surface area contributed by atoms with Crippen molar-refractivity contribution in [2.45, 2.75) is 52.9 Å². The van der Waals surface area contributed by atoms with Gasteiger partial charge in [0, 0.05) is 34.6 Å². The Morgan fingerprint density at radius 1 is 1.09 bits per heavy atom. The van der Waals surface area contributed by atoms with Gasteiger partial charge in [-0.15, -0.1) is 0 Å². The number of benzene rings is 1. The number of aromatic nitrogens is 3. The van der Waals surface area contributed by atoms with E-state index in [0.717, 1.165) is 34.4 Å². The molecular formula is C24H26F3N3O2. The largest absolute Gasteiger partial charge is 0.493 e. The summed E-state index contributed by atoms with van der Waals surface area (Å²) in [5.41, 5.74) is 4.31. The van der Waals surface area contributed by atoms with E-state index >= 15 is 0 Å². The van der Waals surface area contributed by atoms with Crippen LogP contribution in [0.2, 0.25) is 0 Å². The average molecular weight is 445 g/mol. The molecule has 0 saturated heterocycles. The van der Waals surface area contributed by atoms with Crippen molar-refractivity contribution < 1.29 is 22.6 Å². The van der Waals surface area contributed by atoms with Crippen LogP contribution in [-0.4, -0.2) is 33.9 Å². The van der Waals surface area contributed by atoms with Crippen LogP contribution in [0.3, 0.4) is 0 Å². The molecule has 0 spiro atoms. The van der Waals surface area contributed by atoms with E-state index in [1.165, 1.54) is 12.1 Å². The van der Waals surface area contributed by atoms with Crippen LogP contribution in [0, 0.1) is 13.8 Å². The molecule has 3 heterocycles. The summed E-state index contributed by atoms with van der Waals surface area (Å²) < 4.78 is 53.7. The molecule has 170 valence electrons. The number of alkyl halides is 3. The summed E-state index contributed by atoms with van der Waals surface area (Å²) in [4.78, 5) is 9.38. The highest BCUT2D eigenvalue weighted by Crippen LogP contribution is 2.40. The molecule has 0 unspecified atom stereocenters. The SMILES string of the molecule is CCOc1cc(-c2nc(-c3cc(C)nc(C)c3)c3n2C[C@@H](C)OCC3)ccc1C(F)(F)F. The zero-order chi connectivity index (χ0) is 23.0. The summed E-state index contributed by atoms with van der Waals surface area (Å²) >= 11 is 0. The topological polar surface area (TPSA) is 49.2 Å². The summed E-state index contributed by atoms with van der Waals surface area (Å²) in [5.74, 6) is 0.416. The number of nitrogens with zero attached hydrogens (tertiary/aromatic N) is 3. The first-order chi connectivity index (χ1) is 15.2. The molecule has 1 aliphatic heterocycles. The molecule has 1 aromatic carbocycles. The Hall–Kier alpha value is -2.87. The van der Waals surface area contributed by atoms with Gasteiger partial charge in [-0.2, -0.15) is 13.2 Å². The van der Waals surface area contributed by atoms with Crippen molar-refractivity contribution in [2.24, 2.45) is 0 Å². The highest BCUT2D eigenvalue weighted by molar-refractivity contribution is 5.70. The molecule has 0 amide bonds. The molecule has 2 aromatic heterocycles. The minimum absolute atomic E-state index is 0.0428. The van der Waals surface area contributed by atoms with Crippen LogP contribution in [-0.2, 0) is 23.9 Å². The first-order valence-electron chi connectivity index (χ1n) is 10.7. The maximum Gasteiger partial charge on any atom is 0.419 e. The Kier molecular flexibility index (Phi) is 5.99. The zero-order valence-electron chi connectivity index (χ0n) is 18.6. The van der Waals surface area contributed by atoms with Gasteiger partial charge in [0.1, 0.15) is 11.6 Å². The van der Waals surface area contributed by atoms with Gasteiger partial charge in [-0.25, -0.2) is 4.98 Å². The minimum Gasteiger partial charge on any atom is -0.493 e. The molecule has 3 aromatic rings. The van der Waals surface area contributed by atoms with Crippen molar-refractivity contribution in [3.05, 3.63) is 53.0 Å². The maximum absolute atomic E-state index is 13.5. The molecule has 5 nitrogen and oxygen atoms in total. The number of imidazole rings is 1. The van der Waals surface area contributed by atoms with Crippen molar-refractivity contribution >= 4 is 0 Å². The second-order valence-electron chi connectivity index (χ2n) is 8.05. The van der Waals surface area contributed by atoms with Crippen LogP contribution in [0.25, 0.3) is 22.6 Å². The van der Waals surface area contributed by atoms with Gasteiger partial charge in [-0.3, -0.25) is 4.98 Å². The van der Waals surface area contributed by atoms with Crippen LogP contribution in [0.15, 0.2) is 30.3 Å². The average Bonchev–Trinajstić information content (AvgIpc) is 2.93. The smallest absolute Gasteiger partial charge is 0.419 e. The molecule has 0 radical (unpaired) electrons. The maximum atomic E-state index is 13.5. The molecule has 0 saturated carbocycles. The van der Waals surface area contributed by atoms with Gasteiger partial charge in [0.2, 0.25) is 0 Å². The number of halogens is 3. The van der Waals surface area contributed by atoms with E-state index in [9.17, 15) is 13.2 Å². The number of pyridine rings is 1. The normalized spacial score (nSPS) is 16.5. The van der Waals surface area contributed by atoms with Crippen molar-refractivity contribution in [3.63, 3.8) is 0 Å². The predicted octanol–water partition coefficient (Wildman–Crippen LogP) is 5.61. The Balaban J connectivity index is 1.91. The molecule has 0 N–H and O–H groups in total. The van der Waals surface area contributed by atoms with Crippen molar-refractivity contribution in [3.8, 4) is 28.4 Å². The van der Waals surface area contributed by atoms with Crippen molar-refractivity contribution in [2.75, 3.05) is 13.2 Å². The lowest BCUT2D eigenvalue weighted by molar-refractivity contribution is -0.138. The van der Waals surface area contributed by atoms with Crippen LogP contribution >= 0.6 is 0 Å². The Bertz CT molecular complexity index is 1120. The van der Waals surface area contributed by atoms with E-state index in [0.29, 0.717) is 31.0 Å². The number of hydrogen-bond donors (Lipinski definition) is 0. The lowest BCUT2D eigenvalue weighted by Crippen LogP contribution is -2.15. The molecule has 0 bridgehead atoms. The predicted molar refractivity (Wildman–Crippen MR) is 116 cm³/mol. The summed E-state index contributed by atoms with van der Waals surface area (Å²) in [7, 11) is 0. The Morgan fingerprint density at radius 2 is 1.81 bits per heavy atom. The van der Waals surface area contributed by atoms with Crippen LogP contribution in [0.1, 0.15) is 36.5 Å². The molecule has 4 rings (SSSR count). The standard InChI is InChI=1S/C24H26F3N3O2/c1-5-31-21-12-17(6-7-19(21)24(25,26)27)23-29-22(18-10-14(2)28-15(3)11-18)20-8-9-32-16(4)13-30(20)23/h6-7,10-12,16H,5,8-9,13H2,1-4H3/t16-/m1/s1. The summed E-state index contributed by atoms with van der Waals surface area (Å²) in [6.45, 7) is 8.77.